The maximum Gasteiger partial charge on any atom is 0.237 e. The van der Waals surface area contributed by atoms with Crippen molar-refractivity contribution in [2.75, 3.05) is 19.4 Å². The van der Waals surface area contributed by atoms with E-state index in [1.165, 1.54) is 10.4 Å². The van der Waals surface area contributed by atoms with Gasteiger partial charge in [0.1, 0.15) is 11.4 Å². The van der Waals surface area contributed by atoms with Gasteiger partial charge in [-0.1, -0.05) is 11.8 Å². The molecule has 3 rings (SSSR count). The van der Waals surface area contributed by atoms with Gasteiger partial charge < -0.3 is 9.84 Å². The summed E-state index contributed by atoms with van der Waals surface area (Å²) in [5, 5.41) is 13.0. The summed E-state index contributed by atoms with van der Waals surface area (Å²) in [6.45, 7) is 5.64. The van der Waals surface area contributed by atoms with Crippen molar-refractivity contribution in [3.8, 4) is 0 Å². The van der Waals surface area contributed by atoms with Crippen molar-refractivity contribution in [2.24, 2.45) is 0 Å². The quantitative estimate of drug-likeness (QED) is 0.657. The Labute approximate surface area is 132 Å². The highest BCUT2D eigenvalue weighted by Crippen LogP contribution is 2.40. The van der Waals surface area contributed by atoms with Gasteiger partial charge in [0.2, 0.25) is 5.82 Å². The molecule has 0 fully saturated rings. The SMILES string of the molecule is CSc1nc([NH2+]CCO)c2c3c(sc2n1)COC(C)(C)C3. The molecule has 2 aromatic heterocycles. The van der Waals surface area contributed by atoms with Crippen molar-refractivity contribution in [3.63, 3.8) is 0 Å². The Hall–Kier alpha value is -0.730. The van der Waals surface area contributed by atoms with Crippen LogP contribution in [0.15, 0.2) is 5.16 Å². The smallest absolute Gasteiger partial charge is 0.237 e. The average molecular weight is 326 g/mol. The molecule has 3 N–H and O–H groups in total. The van der Waals surface area contributed by atoms with Gasteiger partial charge in [-0.3, -0.25) is 5.32 Å². The predicted octanol–water partition coefficient (Wildman–Crippen LogP) is 1.45. The van der Waals surface area contributed by atoms with Crippen LogP contribution in [0.25, 0.3) is 10.2 Å². The number of hydrogen-bond acceptors (Lipinski definition) is 6. The second-order valence-electron chi connectivity index (χ2n) is 5.72. The number of nitrogens with zero attached hydrogens (tertiary/aromatic N) is 2. The van der Waals surface area contributed by atoms with E-state index in [-0.39, 0.29) is 12.2 Å². The van der Waals surface area contributed by atoms with Crippen molar-refractivity contribution in [2.45, 2.75) is 37.6 Å². The van der Waals surface area contributed by atoms with Crippen LogP contribution in [-0.4, -0.2) is 40.1 Å². The van der Waals surface area contributed by atoms with Crippen LogP contribution >= 0.6 is 23.1 Å². The predicted molar refractivity (Wildman–Crippen MR) is 85.3 cm³/mol. The Balaban J connectivity index is 2.16. The molecule has 5 nitrogen and oxygen atoms in total. The summed E-state index contributed by atoms with van der Waals surface area (Å²) < 4.78 is 5.91. The lowest BCUT2D eigenvalue weighted by atomic mass is 9.94. The largest absolute Gasteiger partial charge is 0.391 e. The number of thioether (sulfide) groups is 1. The zero-order valence-electron chi connectivity index (χ0n) is 12.5. The summed E-state index contributed by atoms with van der Waals surface area (Å²) in [4.78, 5) is 11.6. The van der Waals surface area contributed by atoms with Crippen LogP contribution < -0.4 is 5.32 Å². The Morgan fingerprint density at radius 3 is 2.95 bits per heavy atom. The molecule has 7 heteroatoms. The van der Waals surface area contributed by atoms with E-state index in [9.17, 15) is 0 Å². The first kappa shape index (κ1) is 15.2. The third kappa shape index (κ3) is 2.93. The molecule has 0 aliphatic carbocycles. The number of quaternary nitrogens is 1. The molecule has 3 heterocycles. The number of rotatable bonds is 4. The lowest BCUT2D eigenvalue weighted by Gasteiger charge is -2.30. The second-order valence-corrected chi connectivity index (χ2v) is 7.58. The molecule has 1 aliphatic heterocycles. The van der Waals surface area contributed by atoms with Crippen molar-refractivity contribution < 1.29 is 15.2 Å². The van der Waals surface area contributed by atoms with Crippen molar-refractivity contribution in [1.82, 2.24) is 9.97 Å². The number of thiophene rings is 1. The fourth-order valence-corrected chi connectivity index (χ4v) is 4.13. The maximum atomic E-state index is 9.10. The van der Waals surface area contributed by atoms with E-state index in [1.54, 1.807) is 23.1 Å². The first-order valence-electron chi connectivity index (χ1n) is 6.98. The lowest BCUT2D eigenvalue weighted by Crippen LogP contribution is -2.79. The van der Waals surface area contributed by atoms with Crippen LogP contribution in [-0.2, 0) is 17.8 Å². The van der Waals surface area contributed by atoms with Gasteiger partial charge in [-0.25, -0.2) is 4.98 Å². The molecule has 114 valence electrons. The molecular formula is C14H20N3O2S2+. The second kappa shape index (κ2) is 5.81. The van der Waals surface area contributed by atoms with Gasteiger partial charge in [0.15, 0.2) is 5.16 Å². The number of aromatic nitrogens is 2. The minimum absolute atomic E-state index is 0.140. The summed E-state index contributed by atoms with van der Waals surface area (Å²) in [5.41, 5.74) is 1.18. The first-order chi connectivity index (χ1) is 10.0. The van der Waals surface area contributed by atoms with Gasteiger partial charge in [-0.15, -0.1) is 11.3 Å². The van der Waals surface area contributed by atoms with Crippen LogP contribution in [0.3, 0.4) is 0 Å². The number of aliphatic hydroxyl groups excluding tert-OH is 1. The standard InChI is InChI=1S/C14H19N3O2S2/c1-14(2)6-8-9(7-19-14)21-12-10(8)11(15-4-5-18)16-13(17-12)20-3/h18H,4-7H2,1-3H3,(H,15,16,17)/p+1. The van der Waals surface area contributed by atoms with Crippen LogP contribution in [0.1, 0.15) is 24.3 Å². The van der Waals surface area contributed by atoms with Gasteiger partial charge in [0, 0.05) is 11.3 Å². The Morgan fingerprint density at radius 2 is 2.24 bits per heavy atom. The summed E-state index contributed by atoms with van der Waals surface area (Å²) in [6.07, 6.45) is 2.86. The van der Waals surface area contributed by atoms with Crippen molar-refractivity contribution >= 4 is 39.1 Å². The topological polar surface area (TPSA) is 71.9 Å². The van der Waals surface area contributed by atoms with Gasteiger partial charge in [0.25, 0.3) is 0 Å². The third-order valence-electron chi connectivity index (χ3n) is 3.59. The van der Waals surface area contributed by atoms with Crippen LogP contribution in [0.4, 0.5) is 5.82 Å². The van der Waals surface area contributed by atoms with E-state index in [0.29, 0.717) is 13.2 Å². The highest BCUT2D eigenvalue weighted by Gasteiger charge is 2.31. The first-order valence-corrected chi connectivity index (χ1v) is 9.02. The lowest BCUT2D eigenvalue weighted by molar-refractivity contribution is -0.575. The number of nitrogens with two attached hydrogens (primary N) is 1. The van der Waals surface area contributed by atoms with Crippen molar-refractivity contribution in [3.05, 3.63) is 10.4 Å². The fraction of sp³-hybridized carbons (Fsp3) is 0.571. The summed E-state index contributed by atoms with van der Waals surface area (Å²) in [7, 11) is 0. The van der Waals surface area contributed by atoms with Crippen LogP contribution in [0.2, 0.25) is 0 Å². The summed E-state index contributed by atoms with van der Waals surface area (Å²) in [5.74, 6) is 0.952. The molecule has 0 saturated carbocycles. The number of ether oxygens (including phenoxy) is 1. The number of aliphatic hydroxyl groups is 1. The van der Waals surface area contributed by atoms with E-state index in [2.05, 4.69) is 23.8 Å². The van der Waals surface area contributed by atoms with E-state index < -0.39 is 0 Å². The average Bonchev–Trinajstić information content (AvgIpc) is 2.81. The van der Waals surface area contributed by atoms with E-state index in [0.717, 1.165) is 27.6 Å². The molecule has 0 bridgehead atoms. The van der Waals surface area contributed by atoms with Gasteiger partial charge in [-0.2, -0.15) is 4.98 Å². The molecule has 0 aromatic carbocycles. The normalized spacial score (nSPS) is 17.1. The minimum Gasteiger partial charge on any atom is -0.391 e. The molecule has 0 saturated heterocycles. The van der Waals surface area contributed by atoms with E-state index in [1.807, 2.05) is 11.6 Å². The highest BCUT2D eigenvalue weighted by atomic mass is 32.2. The summed E-state index contributed by atoms with van der Waals surface area (Å²) in [6, 6.07) is 0. The molecule has 0 amide bonds. The number of hydrogen-bond donors (Lipinski definition) is 2. The third-order valence-corrected chi connectivity index (χ3v) is 5.23. The molecule has 0 spiro atoms. The molecular weight excluding hydrogens is 306 g/mol. The van der Waals surface area contributed by atoms with Crippen LogP contribution in [0, 0.1) is 0 Å². The molecule has 2 aromatic rings. The van der Waals surface area contributed by atoms with Gasteiger partial charge in [-0.05, 0) is 25.7 Å². The zero-order valence-corrected chi connectivity index (χ0v) is 14.1. The van der Waals surface area contributed by atoms with Gasteiger partial charge >= 0.3 is 0 Å². The fourth-order valence-electron chi connectivity index (χ4n) is 2.59. The van der Waals surface area contributed by atoms with E-state index in [4.69, 9.17) is 9.84 Å². The molecule has 0 unspecified atom stereocenters. The minimum atomic E-state index is -0.145. The Bertz CT molecular complexity index is 670. The molecule has 0 atom stereocenters. The summed E-state index contributed by atoms with van der Waals surface area (Å²) >= 11 is 3.25. The molecule has 21 heavy (non-hydrogen) atoms. The maximum absolute atomic E-state index is 9.10. The van der Waals surface area contributed by atoms with Crippen molar-refractivity contribution in [1.29, 1.82) is 0 Å². The van der Waals surface area contributed by atoms with E-state index >= 15 is 0 Å². The zero-order chi connectivity index (χ0) is 15.0. The molecule has 1 aliphatic rings. The van der Waals surface area contributed by atoms with Gasteiger partial charge in [0.05, 0.1) is 24.2 Å². The van der Waals surface area contributed by atoms with Crippen LogP contribution in [0.5, 0.6) is 0 Å². The number of fused-ring (bicyclic) bond motifs is 3. The highest BCUT2D eigenvalue weighted by molar-refractivity contribution is 7.98. The Morgan fingerprint density at radius 1 is 1.43 bits per heavy atom. The molecule has 0 radical (unpaired) electrons. The Kier molecular flexibility index (Phi) is 4.20. The monoisotopic (exact) mass is 326 g/mol.